The average molecular weight is 557 g/mol. The average Bonchev–Trinajstić information content (AvgIpc) is 2.97. The van der Waals surface area contributed by atoms with Crippen LogP contribution in [0.2, 0.25) is 0 Å². The third kappa shape index (κ3) is 7.98. The van der Waals surface area contributed by atoms with Crippen molar-refractivity contribution in [2.24, 2.45) is 5.41 Å². The zero-order chi connectivity index (χ0) is 29.4. The van der Waals surface area contributed by atoms with Gasteiger partial charge in [-0.15, -0.1) is 0 Å². The second-order valence-corrected chi connectivity index (χ2v) is 11.2. The minimum absolute atomic E-state index is 0.266. The van der Waals surface area contributed by atoms with Crippen molar-refractivity contribution in [3.8, 4) is 11.5 Å². The molecule has 0 aliphatic carbocycles. The summed E-state index contributed by atoms with van der Waals surface area (Å²) >= 11 is 0. The van der Waals surface area contributed by atoms with Crippen molar-refractivity contribution >= 4 is 23.2 Å². The zero-order valence-electron chi connectivity index (χ0n) is 24.4. The lowest BCUT2D eigenvalue weighted by Crippen LogP contribution is -2.49. The minimum Gasteiger partial charge on any atom is -0.492 e. The molecule has 0 atom stereocenters. The number of benzene rings is 3. The van der Waals surface area contributed by atoms with Gasteiger partial charge in [-0.3, -0.25) is 9.69 Å². The van der Waals surface area contributed by atoms with Crippen LogP contribution in [0.5, 0.6) is 11.5 Å². The van der Waals surface area contributed by atoms with Gasteiger partial charge in [-0.25, -0.2) is 4.79 Å². The molecule has 0 unspecified atom stereocenters. The maximum Gasteiger partial charge on any atom is 0.407 e. The molecule has 0 radical (unpaired) electrons. The van der Waals surface area contributed by atoms with Gasteiger partial charge in [0, 0.05) is 32.7 Å². The Morgan fingerprint density at radius 2 is 1.34 bits per heavy atom. The van der Waals surface area contributed by atoms with Gasteiger partial charge in [0.05, 0.1) is 5.41 Å². The van der Waals surface area contributed by atoms with E-state index in [1.54, 1.807) is 0 Å². The Kier molecular flexibility index (Phi) is 9.84. The highest BCUT2D eigenvalue weighted by Crippen LogP contribution is 2.36. The lowest BCUT2D eigenvalue weighted by molar-refractivity contribution is -0.143. The smallest absolute Gasteiger partial charge is 0.407 e. The molecule has 7 nitrogen and oxygen atoms in total. The van der Waals surface area contributed by atoms with Crippen LogP contribution in [-0.2, 0) is 4.79 Å². The van der Waals surface area contributed by atoms with Gasteiger partial charge in [0.1, 0.15) is 18.1 Å². The van der Waals surface area contributed by atoms with Gasteiger partial charge in [0.2, 0.25) is 0 Å². The number of nitrogens with zero attached hydrogens (tertiary/aromatic N) is 2. The second-order valence-electron chi connectivity index (χ2n) is 11.2. The first kappa shape index (κ1) is 29.9. The summed E-state index contributed by atoms with van der Waals surface area (Å²) in [5.74, 6) is 1.05. The van der Waals surface area contributed by atoms with Gasteiger partial charge in [-0.1, -0.05) is 61.5 Å². The van der Waals surface area contributed by atoms with Crippen LogP contribution in [0.1, 0.15) is 50.8 Å². The summed E-state index contributed by atoms with van der Waals surface area (Å²) in [7, 11) is 0. The first-order valence-corrected chi connectivity index (χ1v) is 14.2. The largest absolute Gasteiger partial charge is 0.492 e. The molecule has 1 N–H and O–H groups in total. The van der Waals surface area contributed by atoms with Crippen molar-refractivity contribution in [1.82, 2.24) is 9.80 Å². The van der Waals surface area contributed by atoms with E-state index in [2.05, 4.69) is 48.2 Å². The maximum absolute atomic E-state index is 12.4. The number of carbonyl (C=O) groups is 2. The Hall–Kier alpha value is -4.10. The van der Waals surface area contributed by atoms with Crippen molar-refractivity contribution in [3.05, 3.63) is 95.6 Å². The Labute approximate surface area is 243 Å². The molecule has 1 heterocycles. The van der Waals surface area contributed by atoms with E-state index in [1.807, 2.05) is 63.2 Å². The van der Waals surface area contributed by atoms with Crippen LogP contribution in [0.3, 0.4) is 0 Å². The Morgan fingerprint density at radius 1 is 0.780 bits per heavy atom. The predicted octanol–water partition coefficient (Wildman–Crippen LogP) is 6.68. The van der Waals surface area contributed by atoms with Crippen molar-refractivity contribution < 1.29 is 24.2 Å². The number of allylic oxidation sites excluding steroid dienone is 1. The third-order valence-electron chi connectivity index (χ3n) is 7.21. The molecule has 1 aliphatic rings. The standard InChI is InChI=1S/C34H40N2O5/c1-5-30(25-9-7-6-8-10-25)31(27-13-17-29(18-14-27)41-32(37)34(2,3)4)26-11-15-28(16-12-26)40-24-23-35-19-21-36(22-20-35)33(38)39/h6-18H,5,19-24H2,1-4H3,(H,38,39). The van der Waals surface area contributed by atoms with E-state index >= 15 is 0 Å². The molecule has 3 aromatic rings. The number of carbonyl (C=O) groups excluding carboxylic acids is 1. The van der Waals surface area contributed by atoms with Gasteiger partial charge >= 0.3 is 12.1 Å². The lowest BCUT2D eigenvalue weighted by atomic mass is 9.88. The molecule has 4 rings (SSSR count). The molecule has 1 aliphatic heterocycles. The van der Waals surface area contributed by atoms with Crippen LogP contribution in [0.15, 0.2) is 78.9 Å². The van der Waals surface area contributed by atoms with Gasteiger partial charge in [0.15, 0.2) is 0 Å². The molecule has 0 saturated carbocycles. The highest BCUT2D eigenvalue weighted by molar-refractivity contribution is 5.98. The summed E-state index contributed by atoms with van der Waals surface area (Å²) in [5, 5.41) is 9.13. The number of hydrogen-bond acceptors (Lipinski definition) is 5. The fourth-order valence-electron chi connectivity index (χ4n) is 4.80. The molecule has 7 heteroatoms. The molecular weight excluding hydrogens is 516 g/mol. The van der Waals surface area contributed by atoms with E-state index in [1.165, 1.54) is 10.5 Å². The summed E-state index contributed by atoms with van der Waals surface area (Å²) in [6, 6.07) is 26.3. The highest BCUT2D eigenvalue weighted by atomic mass is 16.5. The number of piperazine rings is 1. The van der Waals surface area contributed by atoms with E-state index < -0.39 is 11.5 Å². The Balaban J connectivity index is 1.52. The van der Waals surface area contributed by atoms with Crippen LogP contribution >= 0.6 is 0 Å². The zero-order valence-corrected chi connectivity index (χ0v) is 24.4. The van der Waals surface area contributed by atoms with Crippen LogP contribution in [0.4, 0.5) is 4.79 Å². The van der Waals surface area contributed by atoms with E-state index in [9.17, 15) is 9.59 Å². The summed E-state index contributed by atoms with van der Waals surface area (Å²) in [5.41, 5.74) is 5.04. The normalized spacial score (nSPS) is 14.8. The Bertz CT molecular complexity index is 1330. The van der Waals surface area contributed by atoms with Gasteiger partial charge in [-0.05, 0) is 79.3 Å². The number of esters is 1. The maximum atomic E-state index is 12.4. The fourth-order valence-corrected chi connectivity index (χ4v) is 4.80. The molecule has 0 spiro atoms. The number of amides is 1. The van der Waals surface area contributed by atoms with Crippen molar-refractivity contribution in [2.45, 2.75) is 34.1 Å². The predicted molar refractivity (Wildman–Crippen MR) is 162 cm³/mol. The first-order chi connectivity index (χ1) is 19.7. The van der Waals surface area contributed by atoms with Crippen LogP contribution in [0.25, 0.3) is 11.1 Å². The molecule has 216 valence electrons. The van der Waals surface area contributed by atoms with Crippen LogP contribution in [0, 0.1) is 5.41 Å². The van der Waals surface area contributed by atoms with E-state index in [-0.39, 0.29) is 5.97 Å². The third-order valence-corrected chi connectivity index (χ3v) is 7.21. The van der Waals surface area contributed by atoms with Crippen molar-refractivity contribution in [2.75, 3.05) is 39.3 Å². The van der Waals surface area contributed by atoms with Crippen LogP contribution in [-0.4, -0.2) is 66.3 Å². The summed E-state index contributed by atoms with van der Waals surface area (Å²) in [6.07, 6.45) is -0.0131. The quantitative estimate of drug-likeness (QED) is 0.180. The lowest BCUT2D eigenvalue weighted by Gasteiger charge is -2.32. The van der Waals surface area contributed by atoms with E-state index in [0.29, 0.717) is 25.4 Å². The van der Waals surface area contributed by atoms with Gasteiger partial charge in [0.25, 0.3) is 0 Å². The molecular formula is C34H40N2O5. The second kappa shape index (κ2) is 13.5. The molecule has 41 heavy (non-hydrogen) atoms. The number of ether oxygens (including phenoxy) is 2. The minimum atomic E-state index is -0.854. The number of hydrogen-bond donors (Lipinski definition) is 1. The topological polar surface area (TPSA) is 79.3 Å². The van der Waals surface area contributed by atoms with Crippen molar-refractivity contribution in [1.29, 1.82) is 0 Å². The number of rotatable bonds is 9. The number of carboxylic acid groups (broad SMARTS) is 1. The van der Waals surface area contributed by atoms with E-state index in [4.69, 9.17) is 14.6 Å². The summed E-state index contributed by atoms with van der Waals surface area (Å²) < 4.78 is 11.6. The van der Waals surface area contributed by atoms with Gasteiger partial charge in [-0.2, -0.15) is 0 Å². The Morgan fingerprint density at radius 3 is 1.85 bits per heavy atom. The molecule has 0 bridgehead atoms. The van der Waals surface area contributed by atoms with Crippen LogP contribution < -0.4 is 9.47 Å². The van der Waals surface area contributed by atoms with E-state index in [0.717, 1.165) is 54.1 Å². The summed E-state index contributed by atoms with van der Waals surface area (Å²) in [4.78, 5) is 27.2. The van der Waals surface area contributed by atoms with Crippen molar-refractivity contribution in [3.63, 3.8) is 0 Å². The monoisotopic (exact) mass is 556 g/mol. The SMILES string of the molecule is CCC(=C(c1ccc(OCCN2CCN(C(=O)O)CC2)cc1)c1ccc(OC(=O)C(C)(C)C)cc1)c1ccccc1. The molecule has 0 aromatic heterocycles. The fraction of sp³-hybridized carbons (Fsp3) is 0.353. The molecule has 1 amide bonds. The summed E-state index contributed by atoms with van der Waals surface area (Å²) in [6.45, 7) is 11.5. The molecule has 1 fully saturated rings. The molecule has 3 aromatic carbocycles. The highest BCUT2D eigenvalue weighted by Gasteiger charge is 2.24. The van der Waals surface area contributed by atoms with Gasteiger partial charge < -0.3 is 19.5 Å². The first-order valence-electron chi connectivity index (χ1n) is 14.2. The molecule has 1 saturated heterocycles.